The highest BCUT2D eigenvalue weighted by atomic mass is 35.5. The maximum Gasteiger partial charge on any atom is 0.177 e. The predicted molar refractivity (Wildman–Crippen MR) is 121 cm³/mol. The highest BCUT2D eigenvalue weighted by molar-refractivity contribution is 8.01. The molecule has 2 aromatic heterocycles. The van der Waals surface area contributed by atoms with Crippen LogP contribution in [0.1, 0.15) is 12.5 Å². The first-order valence-electron chi connectivity index (χ1n) is 9.23. The molecule has 0 aliphatic carbocycles. The highest BCUT2D eigenvalue weighted by Gasteiger charge is 2.40. The fraction of sp³-hybridized carbons (Fsp3) is 0.200. The quantitative estimate of drug-likeness (QED) is 0.331. The smallest absolute Gasteiger partial charge is 0.177 e. The van der Waals surface area contributed by atoms with Gasteiger partial charge in [-0.25, -0.2) is 23.4 Å². The topological polar surface area (TPSA) is 76.7 Å². The van der Waals surface area contributed by atoms with Crippen LogP contribution in [0.15, 0.2) is 53.4 Å². The summed E-state index contributed by atoms with van der Waals surface area (Å²) in [6, 6.07) is 8.17. The fourth-order valence-corrected chi connectivity index (χ4v) is 5.70. The van der Waals surface area contributed by atoms with Gasteiger partial charge in [-0.05, 0) is 36.7 Å². The van der Waals surface area contributed by atoms with Gasteiger partial charge in [0.2, 0.25) is 0 Å². The zero-order valence-electron chi connectivity index (χ0n) is 16.4. The van der Waals surface area contributed by atoms with E-state index >= 15 is 0 Å². The molecule has 1 unspecified atom stereocenters. The van der Waals surface area contributed by atoms with E-state index in [2.05, 4.69) is 19.4 Å². The first-order valence-corrected chi connectivity index (χ1v) is 11.6. The molecule has 6 nitrogen and oxygen atoms in total. The van der Waals surface area contributed by atoms with E-state index < -0.39 is 22.5 Å². The van der Waals surface area contributed by atoms with Gasteiger partial charge in [0.1, 0.15) is 29.9 Å². The number of benzene rings is 2. The minimum Gasteiger partial charge on any atom is -0.382 e. The Kier molecular flexibility index (Phi) is 6.78. The Hall–Kier alpha value is -2.11. The molecule has 2 heterocycles. The largest absolute Gasteiger partial charge is 0.382 e. The molecule has 0 saturated carbocycles. The summed E-state index contributed by atoms with van der Waals surface area (Å²) in [4.78, 5) is 8.35. The van der Waals surface area contributed by atoms with Crippen molar-refractivity contribution < 1.29 is 13.9 Å². The molecule has 0 aliphatic heterocycles. The molecule has 4 aromatic rings. The van der Waals surface area contributed by atoms with E-state index in [0.717, 1.165) is 23.7 Å². The van der Waals surface area contributed by atoms with E-state index in [1.165, 1.54) is 35.2 Å². The molecular formula is C20H15Cl2F2N5OS2. The minimum absolute atomic E-state index is 0.0618. The second-order valence-electron chi connectivity index (χ2n) is 6.88. The number of nitrogens with zero attached hydrogens (tertiary/aromatic N) is 5. The maximum atomic E-state index is 14.7. The van der Waals surface area contributed by atoms with Crippen LogP contribution in [0.4, 0.5) is 8.78 Å². The summed E-state index contributed by atoms with van der Waals surface area (Å²) in [5, 5.41) is 15.8. The molecule has 32 heavy (non-hydrogen) atoms. The maximum absolute atomic E-state index is 14.7. The molecule has 4 rings (SSSR count). The number of aromatic nitrogens is 5. The lowest BCUT2D eigenvalue weighted by Crippen LogP contribution is -2.41. The number of hydrogen-bond donors (Lipinski definition) is 1. The number of aliphatic hydroxyl groups is 1. The Balaban J connectivity index is 1.66. The Bertz CT molecular complexity index is 1220. The SMILES string of the molecule is C[C@@H](Sc1nc(-c2c(Cl)cccc2Cl)ns1)C(O)(Cn1cncn1)c1ccc(F)cc1F. The summed E-state index contributed by atoms with van der Waals surface area (Å²) in [5.41, 5.74) is -1.31. The van der Waals surface area contributed by atoms with Crippen molar-refractivity contribution in [3.05, 3.63) is 76.3 Å². The third kappa shape index (κ3) is 4.65. The van der Waals surface area contributed by atoms with Crippen LogP contribution in [0, 0.1) is 11.6 Å². The van der Waals surface area contributed by atoms with Gasteiger partial charge in [-0.2, -0.15) is 9.47 Å². The van der Waals surface area contributed by atoms with E-state index in [1.807, 2.05) is 0 Å². The zero-order valence-corrected chi connectivity index (χ0v) is 19.6. The summed E-state index contributed by atoms with van der Waals surface area (Å²) in [7, 11) is 0. The molecule has 0 bridgehead atoms. The van der Waals surface area contributed by atoms with Crippen LogP contribution in [0.3, 0.4) is 0 Å². The first kappa shape index (κ1) is 23.1. The molecule has 0 radical (unpaired) electrons. The van der Waals surface area contributed by atoms with Crippen LogP contribution in [-0.2, 0) is 12.1 Å². The summed E-state index contributed by atoms with van der Waals surface area (Å²) < 4.78 is 34.4. The zero-order chi connectivity index (χ0) is 22.9. The molecule has 0 amide bonds. The van der Waals surface area contributed by atoms with E-state index in [0.29, 0.717) is 25.8 Å². The Morgan fingerprint density at radius 3 is 2.62 bits per heavy atom. The second kappa shape index (κ2) is 9.40. The van der Waals surface area contributed by atoms with Crippen LogP contribution in [0.2, 0.25) is 10.0 Å². The molecule has 0 spiro atoms. The van der Waals surface area contributed by atoms with Gasteiger partial charge in [-0.15, -0.1) is 0 Å². The van der Waals surface area contributed by atoms with Crippen molar-refractivity contribution in [2.24, 2.45) is 0 Å². The van der Waals surface area contributed by atoms with Gasteiger partial charge < -0.3 is 5.11 Å². The molecule has 12 heteroatoms. The Morgan fingerprint density at radius 1 is 1.22 bits per heavy atom. The molecule has 166 valence electrons. The molecule has 1 N–H and O–H groups in total. The number of halogens is 4. The summed E-state index contributed by atoms with van der Waals surface area (Å²) in [6.07, 6.45) is 2.72. The van der Waals surface area contributed by atoms with Gasteiger partial charge in [-0.1, -0.05) is 47.1 Å². The third-order valence-electron chi connectivity index (χ3n) is 4.81. The van der Waals surface area contributed by atoms with E-state index in [-0.39, 0.29) is 12.1 Å². The van der Waals surface area contributed by atoms with Crippen molar-refractivity contribution in [2.45, 2.75) is 28.7 Å². The lowest BCUT2D eigenvalue weighted by molar-refractivity contribution is 0.0133. The predicted octanol–water partition coefficient (Wildman–Crippen LogP) is 5.45. The van der Waals surface area contributed by atoms with Crippen molar-refractivity contribution >= 4 is 46.5 Å². The number of rotatable bonds is 7. The Morgan fingerprint density at radius 2 is 1.97 bits per heavy atom. The molecular weight excluding hydrogens is 499 g/mol. The summed E-state index contributed by atoms with van der Waals surface area (Å²) >= 11 is 14.8. The average molecular weight is 514 g/mol. The molecule has 0 saturated heterocycles. The highest BCUT2D eigenvalue weighted by Crippen LogP contribution is 2.41. The van der Waals surface area contributed by atoms with Crippen molar-refractivity contribution in [1.82, 2.24) is 24.1 Å². The van der Waals surface area contributed by atoms with Crippen LogP contribution in [-0.4, -0.2) is 34.5 Å². The number of hydrogen-bond acceptors (Lipinski definition) is 7. The van der Waals surface area contributed by atoms with Gasteiger partial charge in [0, 0.05) is 16.9 Å². The summed E-state index contributed by atoms with van der Waals surface area (Å²) in [6.45, 7) is 1.61. The summed E-state index contributed by atoms with van der Waals surface area (Å²) in [5.74, 6) is -1.24. The van der Waals surface area contributed by atoms with E-state index in [9.17, 15) is 13.9 Å². The third-order valence-corrected chi connectivity index (χ3v) is 7.50. The van der Waals surface area contributed by atoms with Crippen LogP contribution >= 0.6 is 46.5 Å². The number of thioether (sulfide) groups is 1. The van der Waals surface area contributed by atoms with Crippen molar-refractivity contribution in [1.29, 1.82) is 0 Å². The molecule has 0 fully saturated rings. The van der Waals surface area contributed by atoms with E-state index in [4.69, 9.17) is 23.2 Å². The van der Waals surface area contributed by atoms with Gasteiger partial charge in [0.05, 0.1) is 22.2 Å². The van der Waals surface area contributed by atoms with Crippen LogP contribution in [0.25, 0.3) is 11.4 Å². The lowest BCUT2D eigenvalue weighted by Gasteiger charge is -2.33. The van der Waals surface area contributed by atoms with Crippen molar-refractivity contribution in [2.75, 3.05) is 0 Å². The first-order chi connectivity index (χ1) is 15.3. The van der Waals surface area contributed by atoms with E-state index in [1.54, 1.807) is 25.1 Å². The van der Waals surface area contributed by atoms with Crippen LogP contribution in [0.5, 0.6) is 0 Å². The standard InChI is InChI=1S/C20H15Cl2F2N5OS2/c1-11(31-19-27-18(28-32-19)17-14(21)3-2-4-15(17)22)20(30,8-29-10-25-9-26-29)13-6-5-12(23)7-16(13)24/h2-7,9-11,30H,8H2,1H3/t11-,20?/m1/s1. The second-order valence-corrected chi connectivity index (χ2v) is 10.0. The van der Waals surface area contributed by atoms with Gasteiger partial charge in [0.25, 0.3) is 0 Å². The van der Waals surface area contributed by atoms with Gasteiger partial charge >= 0.3 is 0 Å². The monoisotopic (exact) mass is 513 g/mol. The normalized spacial score (nSPS) is 14.3. The minimum atomic E-state index is -1.76. The van der Waals surface area contributed by atoms with Gasteiger partial charge in [-0.3, -0.25) is 0 Å². The average Bonchev–Trinajstić information content (AvgIpc) is 3.40. The fourth-order valence-electron chi connectivity index (χ4n) is 3.15. The molecule has 2 aromatic carbocycles. The molecule has 2 atom stereocenters. The Labute approximate surface area is 200 Å². The van der Waals surface area contributed by atoms with Crippen molar-refractivity contribution in [3.63, 3.8) is 0 Å². The van der Waals surface area contributed by atoms with Crippen LogP contribution < -0.4 is 0 Å². The van der Waals surface area contributed by atoms with Gasteiger partial charge in [0.15, 0.2) is 10.2 Å². The lowest BCUT2D eigenvalue weighted by atomic mass is 9.90. The molecule has 0 aliphatic rings. The van der Waals surface area contributed by atoms with Crippen molar-refractivity contribution in [3.8, 4) is 11.4 Å².